The van der Waals surface area contributed by atoms with E-state index < -0.39 is 11.9 Å². The second kappa shape index (κ2) is 12.0. The van der Waals surface area contributed by atoms with Crippen molar-refractivity contribution in [1.29, 1.82) is 0 Å². The van der Waals surface area contributed by atoms with E-state index in [0.29, 0.717) is 45.0 Å². The lowest BCUT2D eigenvalue weighted by Crippen LogP contribution is -2.25. The number of aromatic amines is 2. The van der Waals surface area contributed by atoms with Gasteiger partial charge >= 0.3 is 5.97 Å². The van der Waals surface area contributed by atoms with Gasteiger partial charge in [0.25, 0.3) is 11.1 Å². The van der Waals surface area contributed by atoms with Crippen LogP contribution in [0.3, 0.4) is 0 Å². The smallest absolute Gasteiger partial charge is 0.343 e. The van der Waals surface area contributed by atoms with Crippen LogP contribution in [0, 0.1) is 20.8 Å². The summed E-state index contributed by atoms with van der Waals surface area (Å²) in [7, 11) is 1.48. The summed E-state index contributed by atoms with van der Waals surface area (Å²) in [6.45, 7) is 5.57. The van der Waals surface area contributed by atoms with Gasteiger partial charge in [-0.05, 0) is 74.9 Å². The zero-order chi connectivity index (χ0) is 31.7. The highest BCUT2D eigenvalue weighted by molar-refractivity contribution is 5.91. The zero-order valence-corrected chi connectivity index (χ0v) is 25.3. The number of nitrogens with one attached hydrogen (secondary N) is 2. The summed E-state index contributed by atoms with van der Waals surface area (Å²) in [6.07, 6.45) is 0. The molecular formula is C36H32N4O5. The maximum absolute atomic E-state index is 14.1. The molecule has 45 heavy (non-hydrogen) atoms. The molecule has 0 radical (unpaired) electrons. The molecule has 4 aromatic carbocycles. The number of aryl methyl sites for hydroxylation is 3. The number of hydrogen-bond donors (Lipinski definition) is 2. The number of esters is 1. The molecule has 0 bridgehead atoms. The molecule has 0 unspecified atom stereocenters. The second-order valence-electron chi connectivity index (χ2n) is 10.9. The Balaban J connectivity index is 1.51. The minimum Gasteiger partial charge on any atom is -0.493 e. The molecule has 0 saturated carbocycles. The van der Waals surface area contributed by atoms with Crippen LogP contribution in [-0.4, -0.2) is 32.6 Å². The van der Waals surface area contributed by atoms with Crippen LogP contribution in [0.4, 0.5) is 0 Å². The van der Waals surface area contributed by atoms with Crippen LogP contribution >= 0.6 is 0 Å². The molecule has 6 aromatic rings. The van der Waals surface area contributed by atoms with Gasteiger partial charge in [0.05, 0.1) is 35.2 Å². The molecule has 9 heteroatoms. The first-order valence-electron chi connectivity index (χ1n) is 14.5. The summed E-state index contributed by atoms with van der Waals surface area (Å²) >= 11 is 0. The quantitative estimate of drug-likeness (QED) is 0.165. The van der Waals surface area contributed by atoms with Gasteiger partial charge in [-0.15, -0.1) is 0 Å². The van der Waals surface area contributed by atoms with E-state index in [2.05, 4.69) is 10.2 Å². The average Bonchev–Trinajstić information content (AvgIpc) is 3.52. The summed E-state index contributed by atoms with van der Waals surface area (Å²) in [5.74, 6) is -0.822. The van der Waals surface area contributed by atoms with E-state index in [4.69, 9.17) is 9.47 Å². The van der Waals surface area contributed by atoms with E-state index in [1.54, 1.807) is 30.3 Å². The lowest BCUT2D eigenvalue weighted by atomic mass is 9.85. The molecule has 2 heterocycles. The highest BCUT2D eigenvalue weighted by Crippen LogP contribution is 2.37. The van der Waals surface area contributed by atoms with Gasteiger partial charge in [-0.1, -0.05) is 60.2 Å². The largest absolute Gasteiger partial charge is 0.493 e. The minimum absolute atomic E-state index is 0.213. The molecule has 0 amide bonds. The van der Waals surface area contributed by atoms with Gasteiger partial charge in [-0.2, -0.15) is 0 Å². The third kappa shape index (κ3) is 5.51. The summed E-state index contributed by atoms with van der Waals surface area (Å²) < 4.78 is 14.3. The summed E-state index contributed by atoms with van der Waals surface area (Å²) in [5.41, 5.74) is 4.82. The minimum atomic E-state index is -0.789. The number of carbonyl (C=O) groups excluding carboxylic acids is 1. The molecule has 226 valence electrons. The first-order valence-corrected chi connectivity index (χ1v) is 14.5. The molecule has 0 aliphatic rings. The molecule has 9 nitrogen and oxygen atoms in total. The van der Waals surface area contributed by atoms with Crippen LogP contribution in [0.15, 0.2) is 113 Å². The van der Waals surface area contributed by atoms with Crippen LogP contribution in [-0.2, 0) is 0 Å². The average molecular weight is 601 g/mol. The van der Waals surface area contributed by atoms with Crippen LogP contribution in [0.25, 0.3) is 11.4 Å². The fourth-order valence-corrected chi connectivity index (χ4v) is 5.59. The maximum Gasteiger partial charge on any atom is 0.343 e. The summed E-state index contributed by atoms with van der Waals surface area (Å²) in [6, 6.07) is 30.7. The monoisotopic (exact) mass is 600 g/mol. The predicted octanol–water partition coefficient (Wildman–Crippen LogP) is 5.98. The van der Waals surface area contributed by atoms with Gasteiger partial charge in [0, 0.05) is 17.3 Å². The number of nitrogens with zero attached hydrogens (tertiary/aromatic N) is 2. The fraction of sp³-hybridized carbons (Fsp3) is 0.139. The fourth-order valence-electron chi connectivity index (χ4n) is 5.59. The molecular weight excluding hydrogens is 568 g/mol. The molecule has 0 fully saturated rings. The molecule has 0 spiro atoms. The molecule has 2 N–H and O–H groups in total. The standard InChI is InChI=1S/C36H32N4O5/c1-22-15-17-25(18-16-22)36(43)45-29-20-19-26(21-30(29)44-4)33(31-23(2)37-39(34(31)41)27-11-7-5-8-12-27)32-24(3)38-40(35(32)42)28-13-9-6-10-14-28/h5-21,33,37-38H,1-4H3. The van der Waals surface area contributed by atoms with Gasteiger partial charge in [0.15, 0.2) is 11.5 Å². The Labute approximate surface area is 259 Å². The molecule has 0 saturated heterocycles. The lowest BCUT2D eigenvalue weighted by molar-refractivity contribution is 0.0729. The number of ether oxygens (including phenoxy) is 2. The normalized spacial score (nSPS) is 11.1. The number of H-pyrrole nitrogens is 2. The van der Waals surface area contributed by atoms with E-state index >= 15 is 0 Å². The van der Waals surface area contributed by atoms with Crippen LogP contribution in [0.2, 0.25) is 0 Å². The highest BCUT2D eigenvalue weighted by atomic mass is 16.6. The molecule has 0 aliphatic heterocycles. The third-order valence-corrected chi connectivity index (χ3v) is 7.85. The molecule has 6 rings (SSSR count). The second-order valence-corrected chi connectivity index (χ2v) is 10.9. The Morgan fingerprint density at radius 2 is 1.18 bits per heavy atom. The topological polar surface area (TPSA) is 111 Å². The van der Waals surface area contributed by atoms with Crippen molar-refractivity contribution in [1.82, 2.24) is 19.6 Å². The summed E-state index contributed by atoms with van der Waals surface area (Å²) in [4.78, 5) is 41.2. The highest BCUT2D eigenvalue weighted by Gasteiger charge is 2.31. The first kappa shape index (κ1) is 29.3. The number of benzene rings is 4. The Morgan fingerprint density at radius 3 is 1.67 bits per heavy atom. The van der Waals surface area contributed by atoms with E-state index in [1.807, 2.05) is 93.6 Å². The number of rotatable bonds is 8. The number of aromatic nitrogens is 4. The molecule has 0 aliphatic carbocycles. The Kier molecular flexibility index (Phi) is 7.83. The van der Waals surface area contributed by atoms with E-state index in [0.717, 1.165) is 5.56 Å². The Hall–Kier alpha value is -5.83. The zero-order valence-electron chi connectivity index (χ0n) is 25.3. The van der Waals surface area contributed by atoms with Crippen molar-refractivity contribution >= 4 is 5.97 Å². The Bertz CT molecular complexity index is 2010. The van der Waals surface area contributed by atoms with Crippen molar-refractivity contribution in [3.05, 3.63) is 163 Å². The predicted molar refractivity (Wildman–Crippen MR) is 172 cm³/mol. The van der Waals surface area contributed by atoms with Crippen LogP contribution in [0.1, 0.15) is 49.9 Å². The van der Waals surface area contributed by atoms with E-state index in [9.17, 15) is 14.4 Å². The van der Waals surface area contributed by atoms with E-state index in [-0.39, 0.29) is 22.6 Å². The van der Waals surface area contributed by atoms with Gasteiger partial charge in [0.1, 0.15) is 0 Å². The summed E-state index contributed by atoms with van der Waals surface area (Å²) in [5, 5.41) is 6.40. The van der Waals surface area contributed by atoms with Gasteiger partial charge in [-0.25, -0.2) is 14.2 Å². The SMILES string of the molecule is COc1cc(C(c2c(C)[nH]n(-c3ccccc3)c2=O)c2c(C)[nH]n(-c3ccccc3)c2=O)ccc1OC(=O)c1ccc(C)cc1. The van der Waals surface area contributed by atoms with Crippen molar-refractivity contribution in [2.75, 3.05) is 7.11 Å². The maximum atomic E-state index is 14.1. The van der Waals surface area contributed by atoms with Crippen LogP contribution in [0.5, 0.6) is 11.5 Å². The molecule has 0 atom stereocenters. The number of methoxy groups -OCH3 is 1. The van der Waals surface area contributed by atoms with Crippen molar-refractivity contribution < 1.29 is 14.3 Å². The third-order valence-electron chi connectivity index (χ3n) is 7.85. The van der Waals surface area contributed by atoms with Crippen LogP contribution < -0.4 is 20.6 Å². The number of hydrogen-bond acceptors (Lipinski definition) is 5. The number of carbonyl (C=O) groups is 1. The van der Waals surface area contributed by atoms with Crippen molar-refractivity contribution in [3.63, 3.8) is 0 Å². The first-order chi connectivity index (χ1) is 21.8. The Morgan fingerprint density at radius 1 is 0.667 bits per heavy atom. The van der Waals surface area contributed by atoms with E-state index in [1.165, 1.54) is 16.5 Å². The lowest BCUT2D eigenvalue weighted by Gasteiger charge is -2.18. The van der Waals surface area contributed by atoms with Crippen molar-refractivity contribution in [3.8, 4) is 22.9 Å². The molecule has 2 aromatic heterocycles. The van der Waals surface area contributed by atoms with Crippen molar-refractivity contribution in [2.24, 2.45) is 0 Å². The van der Waals surface area contributed by atoms with Gasteiger partial charge in [0.2, 0.25) is 0 Å². The van der Waals surface area contributed by atoms with Crippen molar-refractivity contribution in [2.45, 2.75) is 26.7 Å². The number of para-hydroxylation sites is 2. The van der Waals surface area contributed by atoms with Gasteiger partial charge in [-0.3, -0.25) is 19.8 Å². The van der Waals surface area contributed by atoms with Gasteiger partial charge < -0.3 is 9.47 Å².